The van der Waals surface area contributed by atoms with E-state index in [-0.39, 0.29) is 12.4 Å². The zero-order valence-corrected chi connectivity index (χ0v) is 39.7. The predicted octanol–water partition coefficient (Wildman–Crippen LogP) is -1.02. The average Bonchev–Trinajstić information content (AvgIpc) is 3.08. The van der Waals surface area contributed by atoms with Crippen molar-refractivity contribution in [2.45, 2.75) is 99.7 Å². The molecule has 6 saturated heterocycles. The molecule has 0 aliphatic carbocycles. The van der Waals surface area contributed by atoms with Crippen LogP contribution in [0.3, 0.4) is 0 Å². The summed E-state index contributed by atoms with van der Waals surface area (Å²) in [5, 5.41) is 0. The minimum Gasteiger partial charge on any atom is -0.373 e. The maximum atomic E-state index is 7.44. The summed E-state index contributed by atoms with van der Waals surface area (Å²) in [5.41, 5.74) is 49.3. The Hall–Kier alpha value is 1.23. The van der Waals surface area contributed by atoms with Gasteiger partial charge in [0.1, 0.15) is 0 Å². The number of hydrogen-bond donors (Lipinski definition) is 8. The molecule has 20 nitrogen and oxygen atoms in total. The Kier molecular flexibility index (Phi) is 17.7. The summed E-state index contributed by atoms with van der Waals surface area (Å²) in [6.45, 7) is 2.72. The Labute approximate surface area is 328 Å². The van der Waals surface area contributed by atoms with E-state index in [0.29, 0.717) is 152 Å². The van der Waals surface area contributed by atoms with Crippen LogP contribution in [0, 0.1) is 0 Å². The van der Waals surface area contributed by atoms with Crippen LogP contribution in [0.1, 0.15) is 51.4 Å². The highest BCUT2D eigenvalue weighted by Crippen LogP contribution is 2.54. The third kappa shape index (κ3) is 10.9. The van der Waals surface area contributed by atoms with Crippen molar-refractivity contribution >= 4 is 82.8 Å². The van der Waals surface area contributed by atoms with Gasteiger partial charge in [-0.3, -0.25) is 0 Å². The lowest BCUT2D eigenvalue weighted by Gasteiger charge is -2.63. The van der Waals surface area contributed by atoms with Crippen molar-refractivity contribution in [1.29, 1.82) is 0 Å². The first kappa shape index (κ1) is 46.9. The molecule has 6 rings (SSSR count). The highest BCUT2D eigenvalue weighted by atomic mass is 35.5. The molecule has 8 bridgehead atoms. The average molecular weight is 918 g/mol. The van der Waals surface area contributed by atoms with Crippen LogP contribution in [-0.4, -0.2) is 123 Å². The molecule has 0 saturated carbocycles. The fourth-order valence-corrected chi connectivity index (χ4v) is 57.8. The van der Waals surface area contributed by atoms with Crippen molar-refractivity contribution in [3.63, 3.8) is 0 Å². The van der Waals surface area contributed by atoms with Crippen molar-refractivity contribution in [3.8, 4) is 0 Å². The maximum Gasteiger partial charge on any atom is 0.478 e. The third-order valence-corrected chi connectivity index (χ3v) is 46.8. The van der Waals surface area contributed by atoms with E-state index in [1.165, 1.54) is 0 Å². The quantitative estimate of drug-likeness (QED) is 0.0537. The van der Waals surface area contributed by atoms with E-state index in [4.69, 9.17) is 95.3 Å². The van der Waals surface area contributed by atoms with Crippen molar-refractivity contribution in [2.24, 2.45) is 45.9 Å². The van der Waals surface area contributed by atoms with Crippen molar-refractivity contribution < 1.29 is 49.4 Å². The zero-order chi connectivity index (χ0) is 37.5. The molecule has 6 fully saturated rings. The second-order valence-corrected chi connectivity index (χ2v) is 38.6. The number of halogens is 1. The van der Waals surface area contributed by atoms with Gasteiger partial charge in [0.2, 0.25) is 0 Å². The van der Waals surface area contributed by atoms with Crippen molar-refractivity contribution in [1.82, 2.24) is 0 Å². The highest BCUT2D eigenvalue weighted by molar-refractivity contribution is 7.03. The molecular formula is C24H65ClN8O12Si8. The fraction of sp³-hybridized carbons (Fsp3) is 1.00. The molecule has 6 heterocycles. The summed E-state index contributed by atoms with van der Waals surface area (Å²) in [5.74, 6) is 0. The van der Waals surface area contributed by atoms with E-state index in [2.05, 4.69) is 0 Å². The monoisotopic (exact) mass is 916 g/mol. The van der Waals surface area contributed by atoms with Crippen LogP contribution in [0.4, 0.5) is 0 Å². The first-order chi connectivity index (χ1) is 25.0. The van der Waals surface area contributed by atoms with Crippen LogP contribution in [0.2, 0.25) is 48.4 Å². The second-order valence-electron chi connectivity index (χ2n) is 13.8. The molecule has 16 N–H and O–H groups in total. The molecule has 0 unspecified atom stereocenters. The molecule has 6 aliphatic heterocycles. The van der Waals surface area contributed by atoms with E-state index in [1.54, 1.807) is 0 Å². The molecule has 6 aliphatic rings. The first-order valence-corrected chi connectivity index (χ1v) is 34.4. The molecule has 29 heteroatoms. The molecule has 0 aromatic rings. The smallest absolute Gasteiger partial charge is 0.373 e. The van der Waals surface area contributed by atoms with E-state index in [9.17, 15) is 0 Å². The van der Waals surface area contributed by atoms with Gasteiger partial charge in [0, 0.05) is 48.4 Å². The molecule has 312 valence electrons. The van der Waals surface area contributed by atoms with Gasteiger partial charge < -0.3 is 95.3 Å². The second kappa shape index (κ2) is 20.0. The van der Waals surface area contributed by atoms with Gasteiger partial charge in [-0.05, 0) is 104 Å². The minimum absolute atomic E-state index is 0. The standard InChI is InChI=1S/C24H64N8O12Si8.ClH/c25-9-1-17-45-33-46(18-2-10-26)36-49(21-5-13-29)38-47(34-45,19-3-11-27)40-51(23-7-15-31)41-48(35-45,20-4-12-28)39-50(37-46,22-6-14-30)43-52(42-49,44-51)24-8-16-32;/h1-32H2;1H. The van der Waals surface area contributed by atoms with Crippen LogP contribution in [0.25, 0.3) is 0 Å². The van der Waals surface area contributed by atoms with Gasteiger partial charge in [-0.15, -0.1) is 12.4 Å². The molecule has 0 amide bonds. The first-order valence-electron chi connectivity index (χ1n) is 19.0. The normalized spacial score (nSPS) is 40.3. The van der Waals surface area contributed by atoms with E-state index >= 15 is 0 Å². The SMILES string of the molecule is Cl.NCCC[Si]12O[Si]3(CCCN)O[Si]4(CCCN)O[Si](CCCN)(O1)O[Si]1(CCCN)O[Si](CCCN)(O2)O[Si](CCCN)(O3)O[Si](CCCN)(O4)O1. The zero-order valence-electron chi connectivity index (χ0n) is 30.9. The Morgan fingerprint density at radius 1 is 0.208 bits per heavy atom. The summed E-state index contributed by atoms with van der Waals surface area (Å²) in [6.07, 6.45) is 3.97. The topological polar surface area (TPSA) is 319 Å². The third-order valence-electron chi connectivity index (χ3n) is 9.23. The highest BCUT2D eigenvalue weighted by Gasteiger charge is 2.82. The van der Waals surface area contributed by atoms with Gasteiger partial charge in [0.05, 0.1) is 0 Å². The van der Waals surface area contributed by atoms with E-state index in [1.807, 2.05) is 0 Å². The predicted molar refractivity (Wildman–Crippen MR) is 214 cm³/mol. The van der Waals surface area contributed by atoms with Gasteiger partial charge in [0.25, 0.3) is 0 Å². The van der Waals surface area contributed by atoms with Gasteiger partial charge >= 0.3 is 70.4 Å². The summed E-state index contributed by atoms with van der Waals surface area (Å²) < 4.78 is 89.3. The molecule has 0 aromatic carbocycles. The van der Waals surface area contributed by atoms with Gasteiger partial charge in [-0.1, -0.05) is 0 Å². The molecule has 0 spiro atoms. The van der Waals surface area contributed by atoms with Crippen molar-refractivity contribution in [2.75, 3.05) is 52.4 Å². The number of hydrogen-bond acceptors (Lipinski definition) is 20. The number of nitrogens with two attached hydrogens (primary N) is 8. The van der Waals surface area contributed by atoms with Crippen LogP contribution < -0.4 is 45.9 Å². The van der Waals surface area contributed by atoms with Crippen LogP contribution >= 0.6 is 12.4 Å². The maximum absolute atomic E-state index is 7.44. The van der Waals surface area contributed by atoms with Crippen LogP contribution in [-0.2, 0) is 49.4 Å². The van der Waals surface area contributed by atoms with Gasteiger partial charge in [-0.25, -0.2) is 0 Å². The minimum atomic E-state index is -4.02. The van der Waals surface area contributed by atoms with Gasteiger partial charge in [-0.2, -0.15) is 0 Å². The molecule has 0 radical (unpaired) electrons. The Morgan fingerprint density at radius 2 is 0.302 bits per heavy atom. The lowest BCUT2D eigenvalue weighted by Crippen LogP contribution is -2.88. The summed E-state index contributed by atoms with van der Waals surface area (Å²) in [4.78, 5) is 0. The number of rotatable bonds is 24. The summed E-state index contributed by atoms with van der Waals surface area (Å²) in [7, 11) is -32.2. The lowest BCUT2D eigenvalue weighted by atomic mass is 10.5. The Balaban J connectivity index is 0.00000627. The lowest BCUT2D eigenvalue weighted by molar-refractivity contribution is -0.0309. The van der Waals surface area contributed by atoms with Crippen molar-refractivity contribution in [3.05, 3.63) is 0 Å². The fourth-order valence-electron chi connectivity index (χ4n) is 7.12. The molecule has 0 atom stereocenters. The molecule has 0 aromatic heterocycles. The van der Waals surface area contributed by atoms with Crippen LogP contribution in [0.5, 0.6) is 0 Å². The molecular weight excluding hydrogens is 852 g/mol. The molecule has 53 heavy (non-hydrogen) atoms. The van der Waals surface area contributed by atoms with E-state index < -0.39 is 70.4 Å². The van der Waals surface area contributed by atoms with Gasteiger partial charge in [0.15, 0.2) is 0 Å². The Bertz CT molecular complexity index is 841. The summed E-state index contributed by atoms with van der Waals surface area (Å²) in [6, 6.07) is 2.38. The van der Waals surface area contributed by atoms with E-state index in [0.717, 1.165) is 0 Å². The van der Waals surface area contributed by atoms with Crippen LogP contribution in [0.15, 0.2) is 0 Å². The summed E-state index contributed by atoms with van der Waals surface area (Å²) >= 11 is 0. The largest absolute Gasteiger partial charge is 0.478 e. The Morgan fingerprint density at radius 3 is 0.377 bits per heavy atom.